The molecular weight excluding hydrogens is 196 g/mol. The van der Waals surface area contributed by atoms with Crippen LogP contribution in [0.1, 0.15) is 41.5 Å². The molecule has 5 heteroatoms. The zero-order valence-electron chi connectivity index (χ0n) is 11.3. The van der Waals surface area contributed by atoms with Gasteiger partial charge in [-0.05, 0) is 7.05 Å². The van der Waals surface area contributed by atoms with E-state index in [1.54, 1.807) is 7.05 Å². The van der Waals surface area contributed by atoms with Gasteiger partial charge in [0.15, 0.2) is 0 Å². The summed E-state index contributed by atoms with van der Waals surface area (Å²) in [5, 5.41) is 9.81. The van der Waals surface area contributed by atoms with Crippen molar-refractivity contribution in [3.63, 3.8) is 0 Å². The van der Waals surface area contributed by atoms with Crippen LogP contribution in [0.4, 0.5) is 0 Å². The van der Waals surface area contributed by atoms with Crippen LogP contribution in [-0.2, 0) is 9.59 Å². The van der Waals surface area contributed by atoms with Gasteiger partial charge in [0.25, 0.3) is 5.97 Å². The number of nitrogens with one attached hydrogen (secondary N) is 1. The van der Waals surface area contributed by atoms with Crippen LogP contribution in [0.15, 0.2) is 0 Å². The molecule has 0 heterocycles. The maximum Gasteiger partial charge on any atom is 0.300 e. The molecule has 0 aliphatic rings. The Balaban J connectivity index is -0.0000000301. The molecule has 4 N–H and O–H groups in total. The molecule has 96 valence electrons. The maximum absolute atomic E-state index is 9.70. The van der Waals surface area contributed by atoms with E-state index in [2.05, 4.69) is 11.1 Å². The van der Waals surface area contributed by atoms with E-state index in [4.69, 9.17) is 9.90 Å². The van der Waals surface area contributed by atoms with Gasteiger partial charge in [-0.3, -0.25) is 9.59 Å². The van der Waals surface area contributed by atoms with Crippen molar-refractivity contribution < 1.29 is 14.7 Å². The molecule has 0 aliphatic heterocycles. The minimum absolute atomic E-state index is 0.00463. The molecule has 15 heavy (non-hydrogen) atoms. The smallest absolute Gasteiger partial charge is 0.300 e. The molecule has 0 unspecified atom stereocenters. The number of rotatable bonds is 0. The Labute approximate surface area is 94.1 Å². The molecule has 0 fully saturated rings. The minimum atomic E-state index is -0.833. The third-order valence-corrected chi connectivity index (χ3v) is 0.352. The molecule has 0 saturated heterocycles. The summed E-state index contributed by atoms with van der Waals surface area (Å²) >= 11 is 0. The Hall–Kier alpha value is -1.10. The van der Waals surface area contributed by atoms with Crippen molar-refractivity contribution in [1.29, 1.82) is 0 Å². The second-order valence-corrected chi connectivity index (χ2v) is 1.33. The number of nitrogens with two attached hydrogens (primary N) is 1. The summed E-state index contributed by atoms with van der Waals surface area (Å²) in [7, 11) is 3.10. The van der Waals surface area contributed by atoms with Gasteiger partial charge >= 0.3 is 0 Å². The monoisotopic (exact) mass is 224 g/mol. The second-order valence-electron chi connectivity index (χ2n) is 1.33. The predicted octanol–water partition coefficient (Wildman–Crippen LogP) is 1.47. The maximum atomic E-state index is 9.70. The van der Waals surface area contributed by atoms with Crippen molar-refractivity contribution in [2.24, 2.45) is 5.73 Å². The average molecular weight is 224 g/mol. The van der Waals surface area contributed by atoms with Gasteiger partial charge in [-0.1, -0.05) is 27.7 Å². The first-order valence-electron chi connectivity index (χ1n) is 4.96. The lowest BCUT2D eigenvalue weighted by Crippen LogP contribution is -2.11. The highest BCUT2D eigenvalue weighted by molar-refractivity contribution is 5.72. The fourth-order valence-electron chi connectivity index (χ4n) is 0. The molecule has 5 nitrogen and oxygen atoms in total. The van der Waals surface area contributed by atoms with E-state index in [1.165, 1.54) is 14.0 Å². The molecule has 0 rings (SSSR count). The first-order valence-corrected chi connectivity index (χ1v) is 4.96. The van der Waals surface area contributed by atoms with Gasteiger partial charge in [0.2, 0.25) is 5.91 Å². The molecule has 0 bridgehead atoms. The number of carbonyl (C=O) groups is 2. The summed E-state index contributed by atoms with van der Waals surface area (Å²) in [5.74, 6) is -0.829. The van der Waals surface area contributed by atoms with E-state index < -0.39 is 5.97 Å². The van der Waals surface area contributed by atoms with Crippen molar-refractivity contribution in [2.45, 2.75) is 41.5 Å². The molecule has 0 radical (unpaired) electrons. The van der Waals surface area contributed by atoms with E-state index in [9.17, 15) is 4.79 Å². The zero-order chi connectivity index (χ0) is 13.9. The molecule has 0 aromatic rings. The molecular formula is C10H28N2O3. The van der Waals surface area contributed by atoms with Crippen LogP contribution in [0.25, 0.3) is 0 Å². The number of carboxylic acid groups (broad SMARTS) is 1. The van der Waals surface area contributed by atoms with Gasteiger partial charge in [-0.25, -0.2) is 0 Å². The molecule has 0 spiro atoms. The molecule has 1 amide bonds. The Bertz CT molecular complexity index is 103. The van der Waals surface area contributed by atoms with Gasteiger partial charge in [0.05, 0.1) is 0 Å². The predicted molar refractivity (Wildman–Crippen MR) is 65.9 cm³/mol. The van der Waals surface area contributed by atoms with Crippen LogP contribution in [0.3, 0.4) is 0 Å². The molecule has 0 atom stereocenters. The first kappa shape index (κ1) is 29.2. The van der Waals surface area contributed by atoms with Crippen molar-refractivity contribution in [1.82, 2.24) is 5.32 Å². The van der Waals surface area contributed by atoms with Crippen LogP contribution in [-0.4, -0.2) is 31.1 Å². The van der Waals surface area contributed by atoms with E-state index in [-0.39, 0.29) is 5.91 Å². The summed E-state index contributed by atoms with van der Waals surface area (Å²) in [4.78, 5) is 18.7. The second kappa shape index (κ2) is 52.5. The van der Waals surface area contributed by atoms with Gasteiger partial charge < -0.3 is 16.2 Å². The van der Waals surface area contributed by atoms with Gasteiger partial charge in [0, 0.05) is 20.9 Å². The van der Waals surface area contributed by atoms with E-state index >= 15 is 0 Å². The third-order valence-electron chi connectivity index (χ3n) is 0.352. The number of hydrogen-bond acceptors (Lipinski definition) is 3. The largest absolute Gasteiger partial charge is 0.481 e. The Morgan fingerprint density at radius 1 is 1.00 bits per heavy atom. The minimum Gasteiger partial charge on any atom is -0.481 e. The molecule has 0 saturated carbocycles. The molecule has 0 aromatic carbocycles. The Morgan fingerprint density at radius 2 is 1.07 bits per heavy atom. The van der Waals surface area contributed by atoms with Gasteiger partial charge in [-0.15, -0.1) is 0 Å². The zero-order valence-corrected chi connectivity index (χ0v) is 11.3. The SMILES string of the molecule is CC.CC.CC(=O)O.CN.CNC(C)=O. The normalized spacial score (nSPS) is 5.13. The summed E-state index contributed by atoms with van der Waals surface area (Å²) < 4.78 is 0. The lowest BCUT2D eigenvalue weighted by atomic mass is 10.7. The quantitative estimate of drug-likeness (QED) is 0.581. The van der Waals surface area contributed by atoms with Crippen LogP contribution in [0, 0.1) is 0 Å². The summed E-state index contributed by atoms with van der Waals surface area (Å²) in [6, 6.07) is 0. The Morgan fingerprint density at radius 3 is 1.07 bits per heavy atom. The number of carbonyl (C=O) groups excluding carboxylic acids is 1. The highest BCUT2D eigenvalue weighted by Gasteiger charge is 1.72. The van der Waals surface area contributed by atoms with Crippen LogP contribution in [0.2, 0.25) is 0 Å². The fraction of sp³-hybridized carbons (Fsp3) is 0.800. The third kappa shape index (κ3) is 1890. The fourth-order valence-corrected chi connectivity index (χ4v) is 0. The topological polar surface area (TPSA) is 92.4 Å². The van der Waals surface area contributed by atoms with E-state index in [0.29, 0.717) is 0 Å². The number of hydrogen-bond donors (Lipinski definition) is 3. The first-order chi connectivity index (χ1) is 7.00. The summed E-state index contributed by atoms with van der Waals surface area (Å²) in [6.07, 6.45) is 0. The van der Waals surface area contributed by atoms with Crippen molar-refractivity contribution in [2.75, 3.05) is 14.1 Å². The van der Waals surface area contributed by atoms with Crippen LogP contribution < -0.4 is 11.1 Å². The van der Waals surface area contributed by atoms with Crippen molar-refractivity contribution in [3.05, 3.63) is 0 Å². The van der Waals surface area contributed by atoms with E-state index in [0.717, 1.165) is 6.92 Å². The van der Waals surface area contributed by atoms with Crippen LogP contribution >= 0.6 is 0 Å². The standard InChI is InChI=1S/C3H7NO.C2H4O2.2C2H6.CH5N/c1-3(5)4-2;1-2(3)4;3*1-2/h1-2H3,(H,4,5);1H3,(H,3,4);2*1-2H3;2H2,1H3. The summed E-state index contributed by atoms with van der Waals surface area (Å²) in [5.41, 5.74) is 4.50. The molecule has 0 aliphatic carbocycles. The number of carboxylic acids is 1. The number of aliphatic carboxylic acids is 1. The Kier molecular flexibility index (Phi) is 102. The number of amides is 1. The van der Waals surface area contributed by atoms with Crippen molar-refractivity contribution in [3.8, 4) is 0 Å². The highest BCUT2D eigenvalue weighted by atomic mass is 16.4. The summed E-state index contributed by atoms with van der Waals surface area (Å²) in [6.45, 7) is 10.6. The lowest BCUT2D eigenvalue weighted by Gasteiger charge is -1.80. The average Bonchev–Trinajstić information content (AvgIpc) is 2.26. The van der Waals surface area contributed by atoms with Gasteiger partial charge in [0.1, 0.15) is 0 Å². The lowest BCUT2D eigenvalue weighted by molar-refractivity contribution is -0.134. The van der Waals surface area contributed by atoms with Crippen LogP contribution in [0.5, 0.6) is 0 Å². The highest BCUT2D eigenvalue weighted by Crippen LogP contribution is 1.45. The van der Waals surface area contributed by atoms with E-state index in [1.807, 2.05) is 27.7 Å². The molecule has 0 aromatic heterocycles. The van der Waals surface area contributed by atoms with Crippen molar-refractivity contribution >= 4 is 11.9 Å². The van der Waals surface area contributed by atoms with Gasteiger partial charge in [-0.2, -0.15) is 0 Å².